The van der Waals surface area contributed by atoms with E-state index in [0.29, 0.717) is 5.06 Å². The second kappa shape index (κ2) is 3.79. The number of nitrogens with zero attached hydrogens (tertiary/aromatic N) is 1. The summed E-state index contributed by atoms with van der Waals surface area (Å²) in [6.45, 7) is 3.49. The van der Waals surface area contributed by atoms with Crippen LogP contribution in [0.2, 0.25) is 0 Å². The van der Waals surface area contributed by atoms with Crippen molar-refractivity contribution in [2.45, 2.75) is 24.8 Å². The van der Waals surface area contributed by atoms with Crippen molar-refractivity contribution in [1.82, 2.24) is 5.06 Å². The number of esters is 1. The molecule has 1 heterocycles. The molecule has 0 aromatic heterocycles. The van der Waals surface area contributed by atoms with Crippen LogP contribution in [0.25, 0.3) is 0 Å². The lowest BCUT2D eigenvalue weighted by molar-refractivity contribution is -0.195. The van der Waals surface area contributed by atoms with E-state index in [-0.39, 0.29) is 19.3 Å². The maximum Gasteiger partial charge on any atom is 0.334 e. The minimum atomic E-state index is -1.26. The van der Waals surface area contributed by atoms with Gasteiger partial charge in [-0.05, 0) is 6.42 Å². The van der Waals surface area contributed by atoms with Gasteiger partial charge in [-0.1, -0.05) is 6.08 Å². The molecular formula is C9H13NO4. The van der Waals surface area contributed by atoms with Gasteiger partial charge in [0.1, 0.15) is 0 Å². The first-order chi connectivity index (χ1) is 6.58. The molecule has 1 fully saturated rings. The number of ether oxygens (including phenoxy) is 1. The Labute approximate surface area is 81.9 Å². The molecule has 0 bridgehead atoms. The first kappa shape index (κ1) is 10.7. The Hall–Kier alpha value is -1.36. The monoisotopic (exact) mass is 199 g/mol. The third-order valence-corrected chi connectivity index (χ3v) is 2.44. The van der Waals surface area contributed by atoms with Crippen molar-refractivity contribution in [3.63, 3.8) is 0 Å². The summed E-state index contributed by atoms with van der Waals surface area (Å²) in [7, 11) is 1.23. The molecule has 1 rings (SSSR count). The normalized spacial score (nSPS) is 26.4. The number of carbonyl (C=O) groups excluding carboxylic acids is 2. The molecule has 1 atom stereocenters. The lowest BCUT2D eigenvalue weighted by Gasteiger charge is -2.29. The van der Waals surface area contributed by atoms with Crippen molar-refractivity contribution in [2.24, 2.45) is 0 Å². The Balaban J connectivity index is 2.98. The molecule has 0 aliphatic carbocycles. The quantitative estimate of drug-likeness (QED) is 0.408. The second-order valence-electron chi connectivity index (χ2n) is 3.22. The van der Waals surface area contributed by atoms with E-state index in [1.54, 1.807) is 0 Å². The summed E-state index contributed by atoms with van der Waals surface area (Å²) in [6.07, 6.45) is 2.10. The van der Waals surface area contributed by atoms with Crippen LogP contribution >= 0.6 is 0 Å². The average Bonchev–Trinajstić information content (AvgIpc) is 2.47. The predicted octanol–water partition coefficient (Wildman–Crippen LogP) is 0.486. The van der Waals surface area contributed by atoms with Gasteiger partial charge in [-0.3, -0.25) is 10.0 Å². The molecule has 5 nitrogen and oxygen atoms in total. The number of rotatable bonds is 3. The zero-order valence-electron chi connectivity index (χ0n) is 8.02. The van der Waals surface area contributed by atoms with E-state index in [1.165, 1.54) is 13.2 Å². The fraction of sp³-hybridized carbons (Fsp3) is 0.556. The largest absolute Gasteiger partial charge is 0.467 e. The number of amides is 1. The van der Waals surface area contributed by atoms with Gasteiger partial charge in [0.15, 0.2) is 5.54 Å². The van der Waals surface area contributed by atoms with Crippen LogP contribution in [0.1, 0.15) is 19.3 Å². The van der Waals surface area contributed by atoms with Crippen molar-refractivity contribution in [2.75, 3.05) is 7.11 Å². The summed E-state index contributed by atoms with van der Waals surface area (Å²) in [5, 5.41) is 9.95. The Morgan fingerprint density at radius 2 is 2.50 bits per heavy atom. The Kier molecular flexibility index (Phi) is 2.90. The van der Waals surface area contributed by atoms with E-state index in [9.17, 15) is 14.8 Å². The second-order valence-corrected chi connectivity index (χ2v) is 3.22. The highest BCUT2D eigenvalue weighted by Gasteiger charge is 2.51. The summed E-state index contributed by atoms with van der Waals surface area (Å²) >= 11 is 0. The molecule has 1 aliphatic rings. The van der Waals surface area contributed by atoms with Gasteiger partial charge in [-0.15, -0.1) is 6.58 Å². The third kappa shape index (κ3) is 1.39. The van der Waals surface area contributed by atoms with Crippen LogP contribution in [0.3, 0.4) is 0 Å². The Morgan fingerprint density at radius 1 is 1.86 bits per heavy atom. The fourth-order valence-corrected chi connectivity index (χ4v) is 1.65. The van der Waals surface area contributed by atoms with E-state index in [1.807, 2.05) is 0 Å². The molecule has 1 aliphatic heterocycles. The van der Waals surface area contributed by atoms with Gasteiger partial charge in [-0.25, -0.2) is 9.86 Å². The van der Waals surface area contributed by atoms with Gasteiger partial charge < -0.3 is 4.74 Å². The summed E-state index contributed by atoms with van der Waals surface area (Å²) in [5.41, 5.74) is -1.26. The van der Waals surface area contributed by atoms with E-state index in [2.05, 4.69) is 11.3 Å². The average molecular weight is 199 g/mol. The number of hydrogen-bond acceptors (Lipinski definition) is 4. The molecule has 1 saturated heterocycles. The molecule has 5 heteroatoms. The molecule has 1 unspecified atom stereocenters. The summed E-state index contributed by atoms with van der Waals surface area (Å²) in [6, 6.07) is 0. The lowest BCUT2D eigenvalue weighted by atomic mass is 9.93. The summed E-state index contributed by atoms with van der Waals surface area (Å²) in [5.74, 6) is -1.07. The van der Waals surface area contributed by atoms with Crippen molar-refractivity contribution in [1.29, 1.82) is 0 Å². The van der Waals surface area contributed by atoms with Gasteiger partial charge in [-0.2, -0.15) is 0 Å². The van der Waals surface area contributed by atoms with E-state index < -0.39 is 17.4 Å². The minimum Gasteiger partial charge on any atom is -0.467 e. The zero-order chi connectivity index (χ0) is 10.8. The van der Waals surface area contributed by atoms with E-state index in [0.717, 1.165) is 0 Å². The molecule has 0 aromatic rings. The topological polar surface area (TPSA) is 66.8 Å². The van der Waals surface area contributed by atoms with Gasteiger partial charge in [0.25, 0.3) is 0 Å². The Bertz CT molecular complexity index is 276. The number of hydrogen-bond donors (Lipinski definition) is 1. The number of carbonyl (C=O) groups is 2. The third-order valence-electron chi connectivity index (χ3n) is 2.44. The van der Waals surface area contributed by atoms with Crippen LogP contribution < -0.4 is 0 Å². The highest BCUT2D eigenvalue weighted by Crippen LogP contribution is 2.33. The van der Waals surface area contributed by atoms with Crippen molar-refractivity contribution >= 4 is 11.9 Å². The molecule has 0 saturated carbocycles. The highest BCUT2D eigenvalue weighted by atomic mass is 16.6. The molecule has 78 valence electrons. The van der Waals surface area contributed by atoms with Crippen LogP contribution in [-0.2, 0) is 14.3 Å². The van der Waals surface area contributed by atoms with Crippen LogP contribution in [0, 0.1) is 0 Å². The van der Waals surface area contributed by atoms with Crippen molar-refractivity contribution in [3.05, 3.63) is 12.7 Å². The molecule has 0 aromatic carbocycles. The molecule has 14 heavy (non-hydrogen) atoms. The lowest BCUT2D eigenvalue weighted by Crippen LogP contribution is -2.50. The highest BCUT2D eigenvalue weighted by molar-refractivity contribution is 5.91. The Morgan fingerprint density at radius 3 is 2.86 bits per heavy atom. The fourth-order valence-electron chi connectivity index (χ4n) is 1.65. The SMILES string of the molecule is C=CCC1(C(=O)OC)CCC(=O)N1O. The zero-order valence-corrected chi connectivity index (χ0v) is 8.02. The van der Waals surface area contributed by atoms with Crippen LogP contribution in [0.15, 0.2) is 12.7 Å². The van der Waals surface area contributed by atoms with Gasteiger partial charge >= 0.3 is 5.97 Å². The molecule has 0 spiro atoms. The minimum absolute atomic E-state index is 0.152. The van der Waals surface area contributed by atoms with E-state index in [4.69, 9.17) is 0 Å². The molecule has 1 amide bonds. The maximum atomic E-state index is 11.5. The molecule has 0 radical (unpaired) electrons. The van der Waals surface area contributed by atoms with Gasteiger partial charge in [0.2, 0.25) is 5.91 Å². The van der Waals surface area contributed by atoms with Crippen LogP contribution in [-0.4, -0.2) is 34.8 Å². The smallest absolute Gasteiger partial charge is 0.334 e. The maximum absolute atomic E-state index is 11.5. The summed E-state index contributed by atoms with van der Waals surface area (Å²) < 4.78 is 4.57. The van der Waals surface area contributed by atoms with Gasteiger partial charge in [0, 0.05) is 12.8 Å². The van der Waals surface area contributed by atoms with Crippen molar-refractivity contribution in [3.8, 4) is 0 Å². The van der Waals surface area contributed by atoms with Crippen molar-refractivity contribution < 1.29 is 19.5 Å². The van der Waals surface area contributed by atoms with Crippen LogP contribution in [0.4, 0.5) is 0 Å². The van der Waals surface area contributed by atoms with E-state index >= 15 is 0 Å². The molecule has 1 N–H and O–H groups in total. The standard InChI is InChI=1S/C9H13NO4/c1-3-5-9(8(12)14-2)6-4-7(11)10(9)13/h3,13H,1,4-6H2,2H3. The van der Waals surface area contributed by atoms with Crippen LogP contribution in [0.5, 0.6) is 0 Å². The first-order valence-corrected chi connectivity index (χ1v) is 4.29. The number of hydroxylamine groups is 2. The summed E-state index contributed by atoms with van der Waals surface area (Å²) in [4.78, 5) is 22.6. The number of methoxy groups -OCH3 is 1. The first-order valence-electron chi connectivity index (χ1n) is 4.29. The molecular weight excluding hydrogens is 186 g/mol. The predicted molar refractivity (Wildman–Crippen MR) is 47.4 cm³/mol. The van der Waals surface area contributed by atoms with Gasteiger partial charge in [0.05, 0.1) is 7.11 Å².